The van der Waals surface area contributed by atoms with Crippen LogP contribution >= 0.6 is 0 Å². The van der Waals surface area contributed by atoms with Gasteiger partial charge in [0.25, 0.3) is 5.91 Å². The highest BCUT2D eigenvalue weighted by molar-refractivity contribution is 5.99. The average molecular weight is 362 g/mol. The van der Waals surface area contributed by atoms with Crippen LogP contribution in [0.15, 0.2) is 24.3 Å². The lowest BCUT2D eigenvalue weighted by molar-refractivity contribution is -0.221. The first kappa shape index (κ1) is 19.1. The van der Waals surface area contributed by atoms with Gasteiger partial charge in [0.1, 0.15) is 6.10 Å². The highest BCUT2D eigenvalue weighted by Crippen LogP contribution is 2.39. The number of aliphatic hydroxyl groups excluding tert-OH is 1. The molecule has 0 radical (unpaired) electrons. The van der Waals surface area contributed by atoms with Crippen LogP contribution in [0.2, 0.25) is 0 Å². The maximum Gasteiger partial charge on any atom is 0.255 e. The van der Waals surface area contributed by atoms with Crippen LogP contribution in [-0.2, 0) is 4.74 Å². The van der Waals surface area contributed by atoms with Crippen LogP contribution in [0.25, 0.3) is 0 Å². The number of hydrogen-bond acceptors (Lipinski definition) is 5. The van der Waals surface area contributed by atoms with E-state index in [4.69, 9.17) is 4.74 Å². The summed E-state index contributed by atoms with van der Waals surface area (Å²) in [5, 5.41) is 23.6. The largest absolute Gasteiger partial charge is 0.388 e. The Morgan fingerprint density at radius 1 is 1.31 bits per heavy atom. The van der Waals surface area contributed by atoms with Crippen molar-refractivity contribution in [3.63, 3.8) is 0 Å². The fourth-order valence-electron chi connectivity index (χ4n) is 3.97. The summed E-state index contributed by atoms with van der Waals surface area (Å²) in [6.07, 6.45) is 0.874. The predicted molar refractivity (Wildman–Crippen MR) is 100 cm³/mol. The molecule has 0 aliphatic carbocycles. The highest BCUT2D eigenvalue weighted by atomic mass is 16.5. The summed E-state index contributed by atoms with van der Waals surface area (Å²) in [4.78, 5) is 14.9. The third-order valence-corrected chi connectivity index (χ3v) is 5.51. The Bertz CT molecular complexity index is 651. The van der Waals surface area contributed by atoms with Crippen molar-refractivity contribution >= 4 is 11.6 Å². The number of nitrogens with one attached hydrogen (secondary N) is 1. The van der Waals surface area contributed by atoms with Gasteiger partial charge in [-0.05, 0) is 45.7 Å². The molecule has 6 nitrogen and oxygen atoms in total. The first-order valence-electron chi connectivity index (χ1n) is 9.42. The topological polar surface area (TPSA) is 82.0 Å². The number of piperidine rings is 1. The molecule has 0 unspecified atom stereocenters. The Balaban J connectivity index is 1.68. The molecule has 2 aliphatic rings. The number of likely N-dealkylation sites (tertiary alicyclic amines) is 1. The number of carbonyl (C=O) groups is 1. The van der Waals surface area contributed by atoms with Gasteiger partial charge in [0.2, 0.25) is 0 Å². The van der Waals surface area contributed by atoms with Crippen molar-refractivity contribution in [2.45, 2.75) is 63.4 Å². The molecule has 2 aliphatic heterocycles. The SMILES string of the molecule is CC(C)Nc1ccccc1C(=O)N1CCC2(CC1)C[C@](C)(O)[C@@H](O)CO2. The summed E-state index contributed by atoms with van der Waals surface area (Å²) in [6.45, 7) is 7.07. The van der Waals surface area contributed by atoms with Crippen molar-refractivity contribution in [3.8, 4) is 0 Å². The number of ether oxygens (including phenoxy) is 1. The van der Waals surface area contributed by atoms with E-state index in [1.165, 1.54) is 0 Å². The minimum atomic E-state index is -1.14. The summed E-state index contributed by atoms with van der Waals surface area (Å²) in [5.74, 6) is 0.0196. The Kier molecular flexibility index (Phi) is 5.28. The number of benzene rings is 1. The van der Waals surface area contributed by atoms with Gasteiger partial charge in [0.05, 0.1) is 23.4 Å². The Morgan fingerprint density at radius 3 is 2.58 bits per heavy atom. The van der Waals surface area contributed by atoms with E-state index in [0.29, 0.717) is 37.9 Å². The first-order valence-corrected chi connectivity index (χ1v) is 9.42. The Hall–Kier alpha value is -1.63. The van der Waals surface area contributed by atoms with E-state index >= 15 is 0 Å². The number of rotatable bonds is 3. The quantitative estimate of drug-likeness (QED) is 0.766. The number of aliphatic hydroxyl groups is 2. The van der Waals surface area contributed by atoms with E-state index in [1.54, 1.807) is 6.92 Å². The molecule has 0 bridgehead atoms. The molecule has 1 aromatic carbocycles. The van der Waals surface area contributed by atoms with Gasteiger partial charge < -0.3 is 25.2 Å². The van der Waals surface area contributed by atoms with Crippen molar-refractivity contribution < 1.29 is 19.7 Å². The number of hydrogen-bond donors (Lipinski definition) is 3. The van der Waals surface area contributed by atoms with Crippen LogP contribution < -0.4 is 5.32 Å². The lowest BCUT2D eigenvalue weighted by atomic mass is 9.76. The fourth-order valence-corrected chi connectivity index (χ4v) is 3.97. The molecule has 0 aromatic heterocycles. The molecule has 2 atom stereocenters. The second-order valence-electron chi connectivity index (χ2n) is 8.18. The van der Waals surface area contributed by atoms with Gasteiger partial charge in [-0.2, -0.15) is 0 Å². The Labute approximate surface area is 155 Å². The fraction of sp³-hybridized carbons (Fsp3) is 0.650. The molecule has 3 N–H and O–H groups in total. The van der Waals surface area contributed by atoms with Crippen LogP contribution in [0.1, 0.15) is 50.4 Å². The van der Waals surface area contributed by atoms with Gasteiger partial charge in [-0.3, -0.25) is 4.79 Å². The third kappa shape index (κ3) is 3.87. The van der Waals surface area contributed by atoms with E-state index in [1.807, 2.05) is 43.0 Å². The van der Waals surface area contributed by atoms with Gasteiger partial charge >= 0.3 is 0 Å². The van der Waals surface area contributed by atoms with Gasteiger partial charge in [-0.15, -0.1) is 0 Å². The maximum atomic E-state index is 13.0. The van der Waals surface area contributed by atoms with Gasteiger partial charge in [-0.1, -0.05) is 12.1 Å². The summed E-state index contributed by atoms with van der Waals surface area (Å²) in [7, 11) is 0. The van der Waals surface area contributed by atoms with Crippen LogP contribution in [0.3, 0.4) is 0 Å². The molecule has 26 heavy (non-hydrogen) atoms. The first-order chi connectivity index (χ1) is 12.2. The number of para-hydroxylation sites is 1. The molecule has 0 saturated carbocycles. The van der Waals surface area contributed by atoms with E-state index in [0.717, 1.165) is 5.69 Å². The molecule has 2 heterocycles. The predicted octanol–water partition coefficient (Wildman–Crippen LogP) is 2.01. The molecule has 6 heteroatoms. The lowest BCUT2D eigenvalue weighted by Gasteiger charge is -2.49. The number of anilines is 1. The zero-order valence-corrected chi connectivity index (χ0v) is 15.9. The van der Waals surface area contributed by atoms with Crippen molar-refractivity contribution in [2.24, 2.45) is 0 Å². The van der Waals surface area contributed by atoms with E-state index in [2.05, 4.69) is 5.32 Å². The summed E-state index contributed by atoms with van der Waals surface area (Å²) in [5.41, 5.74) is -0.0511. The molecule has 144 valence electrons. The number of amides is 1. The van der Waals surface area contributed by atoms with Crippen LogP contribution in [-0.4, -0.2) is 64.1 Å². The van der Waals surface area contributed by atoms with Gasteiger partial charge in [-0.25, -0.2) is 0 Å². The summed E-state index contributed by atoms with van der Waals surface area (Å²) < 4.78 is 5.90. The minimum Gasteiger partial charge on any atom is -0.388 e. The molecule has 1 amide bonds. The van der Waals surface area contributed by atoms with Crippen molar-refractivity contribution in [1.29, 1.82) is 0 Å². The number of carbonyl (C=O) groups excluding carboxylic acids is 1. The van der Waals surface area contributed by atoms with E-state index in [-0.39, 0.29) is 18.6 Å². The molecule has 2 fully saturated rings. The summed E-state index contributed by atoms with van der Waals surface area (Å²) in [6, 6.07) is 7.85. The van der Waals surface area contributed by atoms with Gasteiger partial charge in [0, 0.05) is 31.2 Å². The molecule has 1 spiro atoms. The zero-order chi connectivity index (χ0) is 18.9. The smallest absolute Gasteiger partial charge is 0.255 e. The molecular formula is C20H30N2O4. The van der Waals surface area contributed by atoms with Crippen molar-refractivity contribution in [1.82, 2.24) is 4.90 Å². The lowest BCUT2D eigenvalue weighted by Crippen LogP contribution is -2.59. The van der Waals surface area contributed by atoms with Gasteiger partial charge in [0.15, 0.2) is 0 Å². The zero-order valence-electron chi connectivity index (χ0n) is 15.9. The maximum absolute atomic E-state index is 13.0. The highest BCUT2D eigenvalue weighted by Gasteiger charge is 2.49. The minimum absolute atomic E-state index is 0.0196. The van der Waals surface area contributed by atoms with E-state index < -0.39 is 17.3 Å². The van der Waals surface area contributed by atoms with Crippen LogP contribution in [0.5, 0.6) is 0 Å². The molecule has 1 aromatic rings. The second kappa shape index (κ2) is 7.18. The normalized spacial score (nSPS) is 28.4. The van der Waals surface area contributed by atoms with Crippen molar-refractivity contribution in [2.75, 3.05) is 25.0 Å². The average Bonchev–Trinajstić information content (AvgIpc) is 2.58. The number of nitrogens with zero attached hydrogens (tertiary/aromatic N) is 1. The molecule has 2 saturated heterocycles. The molecular weight excluding hydrogens is 332 g/mol. The van der Waals surface area contributed by atoms with E-state index in [9.17, 15) is 15.0 Å². The molecule has 3 rings (SSSR count). The standard InChI is InChI=1S/C20H30N2O4/c1-14(2)21-16-7-5-4-6-15(16)18(24)22-10-8-20(9-11-22)13-19(3,25)17(23)12-26-20/h4-7,14,17,21,23,25H,8-13H2,1-3H3/t17-,19-/m0/s1. The van der Waals surface area contributed by atoms with Crippen molar-refractivity contribution in [3.05, 3.63) is 29.8 Å². The summed E-state index contributed by atoms with van der Waals surface area (Å²) >= 11 is 0. The Morgan fingerprint density at radius 2 is 1.96 bits per heavy atom. The second-order valence-corrected chi connectivity index (χ2v) is 8.18. The van der Waals surface area contributed by atoms with Crippen LogP contribution in [0, 0.1) is 0 Å². The monoisotopic (exact) mass is 362 g/mol. The van der Waals surface area contributed by atoms with Crippen LogP contribution in [0.4, 0.5) is 5.69 Å². The third-order valence-electron chi connectivity index (χ3n) is 5.51.